The number of anilines is 1. The molecule has 0 aliphatic carbocycles. The van der Waals surface area contributed by atoms with E-state index in [9.17, 15) is 13.2 Å². The summed E-state index contributed by atoms with van der Waals surface area (Å²) in [6.45, 7) is 5.60. The molecule has 5 nitrogen and oxygen atoms in total. The Kier molecular flexibility index (Phi) is 4.67. The predicted molar refractivity (Wildman–Crippen MR) is 90.5 cm³/mol. The highest BCUT2D eigenvalue weighted by atomic mass is 19.4. The fraction of sp³-hybridized carbons (Fsp3) is 0.278. The molecule has 0 aliphatic rings. The van der Waals surface area contributed by atoms with Gasteiger partial charge in [0.25, 0.3) is 0 Å². The lowest BCUT2D eigenvalue weighted by atomic mass is 10.1. The number of nitrogens with zero attached hydrogens (tertiary/aromatic N) is 3. The normalized spacial score (nSPS) is 11.6. The molecule has 136 valence electrons. The summed E-state index contributed by atoms with van der Waals surface area (Å²) >= 11 is 0. The molecule has 1 N–H and O–H groups in total. The summed E-state index contributed by atoms with van der Waals surface area (Å²) in [4.78, 5) is 8.78. The van der Waals surface area contributed by atoms with E-state index in [1.54, 1.807) is 26.1 Å². The van der Waals surface area contributed by atoms with Gasteiger partial charge in [-0.05, 0) is 38.5 Å². The van der Waals surface area contributed by atoms with Gasteiger partial charge in [-0.2, -0.15) is 13.2 Å². The van der Waals surface area contributed by atoms with Crippen molar-refractivity contribution in [2.24, 2.45) is 0 Å². The lowest BCUT2D eigenvalue weighted by molar-refractivity contribution is -0.137. The third-order valence-corrected chi connectivity index (χ3v) is 3.94. The molecule has 3 aromatic rings. The Morgan fingerprint density at radius 2 is 1.92 bits per heavy atom. The predicted octanol–water partition coefficient (Wildman–Crippen LogP) is 4.69. The van der Waals surface area contributed by atoms with Crippen molar-refractivity contribution in [2.75, 3.05) is 5.32 Å². The van der Waals surface area contributed by atoms with Gasteiger partial charge in [0.1, 0.15) is 11.6 Å². The Morgan fingerprint density at radius 3 is 2.58 bits per heavy atom. The molecule has 2 aromatic heterocycles. The quantitative estimate of drug-likeness (QED) is 0.730. The molecule has 0 saturated heterocycles. The van der Waals surface area contributed by atoms with E-state index in [0.717, 1.165) is 17.7 Å². The van der Waals surface area contributed by atoms with Gasteiger partial charge in [0.15, 0.2) is 5.82 Å². The maximum Gasteiger partial charge on any atom is 0.416 e. The largest absolute Gasteiger partial charge is 0.416 e. The smallest absolute Gasteiger partial charge is 0.366 e. The fourth-order valence-electron chi connectivity index (χ4n) is 2.59. The zero-order valence-corrected chi connectivity index (χ0v) is 14.5. The number of halogens is 3. The molecule has 0 radical (unpaired) electrons. The van der Waals surface area contributed by atoms with Crippen LogP contribution in [-0.4, -0.2) is 15.1 Å². The molecule has 0 unspecified atom stereocenters. The molecule has 2 heterocycles. The highest BCUT2D eigenvalue weighted by molar-refractivity contribution is 5.62. The number of rotatable bonds is 4. The maximum atomic E-state index is 12.8. The summed E-state index contributed by atoms with van der Waals surface area (Å²) in [5.41, 5.74) is 2.01. The Morgan fingerprint density at radius 1 is 1.15 bits per heavy atom. The summed E-state index contributed by atoms with van der Waals surface area (Å²) < 4.78 is 43.6. The molecule has 0 amide bonds. The number of alkyl halides is 3. The van der Waals surface area contributed by atoms with Crippen molar-refractivity contribution < 1.29 is 17.7 Å². The van der Waals surface area contributed by atoms with E-state index in [-0.39, 0.29) is 6.54 Å². The van der Waals surface area contributed by atoms with Crippen LogP contribution in [0.15, 0.2) is 35.0 Å². The van der Waals surface area contributed by atoms with E-state index in [2.05, 4.69) is 20.4 Å². The third kappa shape index (κ3) is 3.68. The minimum atomic E-state index is -4.36. The molecule has 0 aliphatic heterocycles. The second kappa shape index (κ2) is 6.78. The van der Waals surface area contributed by atoms with Crippen molar-refractivity contribution in [3.05, 3.63) is 58.6 Å². The van der Waals surface area contributed by atoms with Gasteiger partial charge in [-0.25, -0.2) is 9.97 Å². The topological polar surface area (TPSA) is 63.8 Å². The van der Waals surface area contributed by atoms with Crippen LogP contribution in [0, 0.1) is 20.8 Å². The molecule has 0 spiro atoms. The van der Waals surface area contributed by atoms with Crippen molar-refractivity contribution in [2.45, 2.75) is 33.5 Å². The zero-order chi connectivity index (χ0) is 18.9. The summed E-state index contributed by atoms with van der Waals surface area (Å²) in [6.07, 6.45) is -2.71. The van der Waals surface area contributed by atoms with Crippen LogP contribution in [0.2, 0.25) is 0 Å². The van der Waals surface area contributed by atoms with Gasteiger partial charge < -0.3 is 9.84 Å². The van der Waals surface area contributed by atoms with Crippen molar-refractivity contribution >= 4 is 5.82 Å². The van der Waals surface area contributed by atoms with Gasteiger partial charge in [0.05, 0.1) is 16.8 Å². The molecule has 26 heavy (non-hydrogen) atoms. The van der Waals surface area contributed by atoms with Crippen LogP contribution in [-0.2, 0) is 12.7 Å². The average Bonchev–Trinajstić information content (AvgIpc) is 2.92. The zero-order valence-electron chi connectivity index (χ0n) is 14.5. The Labute approximate surface area is 148 Å². The number of aryl methyl sites for hydroxylation is 3. The minimum Gasteiger partial charge on any atom is -0.366 e. The second-order valence-electron chi connectivity index (χ2n) is 5.98. The maximum absolute atomic E-state index is 12.8. The van der Waals surface area contributed by atoms with Crippen LogP contribution in [0.1, 0.15) is 28.1 Å². The summed E-state index contributed by atoms with van der Waals surface area (Å²) in [7, 11) is 0. The van der Waals surface area contributed by atoms with Crippen LogP contribution in [0.5, 0.6) is 0 Å². The van der Waals surface area contributed by atoms with Crippen LogP contribution in [0.3, 0.4) is 0 Å². The minimum absolute atomic E-state index is 0.211. The van der Waals surface area contributed by atoms with Gasteiger partial charge in [-0.3, -0.25) is 0 Å². The standard InChI is InChI=1S/C18H17F3N4O/c1-10-8-22-17(15-11(2)25-26-12(15)3)24-16(10)23-9-13-5-4-6-14(7-13)18(19,20)21/h4-8H,9H2,1-3H3,(H,22,23,24). The van der Waals surface area contributed by atoms with E-state index in [1.807, 2.05) is 6.92 Å². The number of hydrogen-bond donors (Lipinski definition) is 1. The molecular formula is C18H17F3N4O. The lowest BCUT2D eigenvalue weighted by Gasteiger charge is -2.12. The number of hydrogen-bond acceptors (Lipinski definition) is 5. The van der Waals surface area contributed by atoms with Gasteiger partial charge in [-0.1, -0.05) is 17.3 Å². The first-order valence-electron chi connectivity index (χ1n) is 7.92. The third-order valence-electron chi connectivity index (χ3n) is 3.94. The molecule has 8 heteroatoms. The molecule has 1 aromatic carbocycles. The number of aromatic nitrogens is 3. The first kappa shape index (κ1) is 17.9. The van der Waals surface area contributed by atoms with E-state index >= 15 is 0 Å². The van der Waals surface area contributed by atoms with Gasteiger partial charge in [-0.15, -0.1) is 0 Å². The summed E-state index contributed by atoms with van der Waals surface area (Å²) in [6, 6.07) is 5.20. The summed E-state index contributed by atoms with van der Waals surface area (Å²) in [5.74, 6) is 1.61. The Bertz CT molecular complexity index is 915. The van der Waals surface area contributed by atoms with Crippen LogP contribution < -0.4 is 5.32 Å². The number of nitrogens with one attached hydrogen (secondary N) is 1. The second-order valence-corrected chi connectivity index (χ2v) is 5.98. The van der Waals surface area contributed by atoms with Crippen molar-refractivity contribution in [3.8, 4) is 11.4 Å². The highest BCUT2D eigenvalue weighted by Gasteiger charge is 2.30. The molecule has 0 bridgehead atoms. The van der Waals surface area contributed by atoms with Crippen LogP contribution >= 0.6 is 0 Å². The van der Waals surface area contributed by atoms with Crippen LogP contribution in [0.4, 0.5) is 19.0 Å². The lowest BCUT2D eigenvalue weighted by Crippen LogP contribution is -2.08. The van der Waals surface area contributed by atoms with Crippen molar-refractivity contribution in [1.82, 2.24) is 15.1 Å². The van der Waals surface area contributed by atoms with Crippen molar-refractivity contribution in [3.63, 3.8) is 0 Å². The molecule has 0 saturated carbocycles. The van der Waals surface area contributed by atoms with Gasteiger partial charge in [0.2, 0.25) is 0 Å². The Hall–Kier alpha value is -2.90. The molecule has 0 atom stereocenters. The van der Waals surface area contributed by atoms with Crippen LogP contribution in [0.25, 0.3) is 11.4 Å². The van der Waals surface area contributed by atoms with Gasteiger partial charge in [0, 0.05) is 18.3 Å². The average molecular weight is 362 g/mol. The van der Waals surface area contributed by atoms with Crippen molar-refractivity contribution in [1.29, 1.82) is 0 Å². The molecular weight excluding hydrogens is 345 g/mol. The fourth-order valence-corrected chi connectivity index (χ4v) is 2.59. The summed E-state index contributed by atoms with van der Waals surface area (Å²) in [5, 5.41) is 6.97. The van der Waals surface area contributed by atoms with E-state index in [0.29, 0.717) is 34.2 Å². The van der Waals surface area contributed by atoms with E-state index < -0.39 is 11.7 Å². The number of benzene rings is 1. The molecule has 3 rings (SSSR count). The Balaban J connectivity index is 1.84. The SMILES string of the molecule is Cc1cnc(-c2c(C)noc2C)nc1NCc1cccc(C(F)(F)F)c1. The highest BCUT2D eigenvalue weighted by Crippen LogP contribution is 2.30. The monoisotopic (exact) mass is 362 g/mol. The van der Waals surface area contributed by atoms with E-state index in [1.165, 1.54) is 6.07 Å². The van der Waals surface area contributed by atoms with Gasteiger partial charge >= 0.3 is 6.18 Å². The first-order chi connectivity index (χ1) is 12.3. The van der Waals surface area contributed by atoms with E-state index in [4.69, 9.17) is 4.52 Å². The first-order valence-corrected chi connectivity index (χ1v) is 7.92. The molecule has 0 fully saturated rings.